The number of benzene rings is 1. The van der Waals surface area contributed by atoms with Crippen LogP contribution in [0.1, 0.15) is 69.2 Å². The highest BCUT2D eigenvalue weighted by Gasteiger charge is 2.34. The summed E-state index contributed by atoms with van der Waals surface area (Å²) >= 11 is 0. The van der Waals surface area contributed by atoms with Crippen LogP contribution >= 0.6 is 0 Å². The van der Waals surface area contributed by atoms with Crippen molar-refractivity contribution in [2.24, 2.45) is 17.8 Å². The van der Waals surface area contributed by atoms with E-state index in [1.54, 1.807) is 29.2 Å². The number of nitrogens with one attached hydrogen (secondary N) is 1. The number of rotatable bonds is 12. The van der Waals surface area contributed by atoms with Crippen molar-refractivity contribution in [3.8, 4) is 5.75 Å². The number of methoxy groups -OCH3 is 1. The quantitative estimate of drug-likeness (QED) is 0.184. The number of amides is 3. The SMILES string of the molecule is COC(=O)c1ccc(OC2CCN(C(=O)C(NC(=O)[C@H](CC3CCCC3)CN(O)C=O)C(C)C)CC2)cc1. The standard InChI is InChI=1S/C28H41N3O7/c1-19(2)25(29-26(33)22(17-31(36)18-32)16-20-6-4-5-7-20)27(34)30-14-12-24(13-15-30)38-23-10-8-21(9-11-23)28(35)37-3/h8-11,18-20,22,24-25,36H,4-7,12-17H2,1-3H3,(H,29,33)/t22-,25?/m1/s1. The fraction of sp³-hybridized carbons (Fsp3) is 0.643. The Labute approximate surface area is 224 Å². The molecule has 2 atom stereocenters. The summed E-state index contributed by atoms with van der Waals surface area (Å²) in [4.78, 5) is 51.0. The van der Waals surface area contributed by atoms with Gasteiger partial charge >= 0.3 is 5.97 Å². The van der Waals surface area contributed by atoms with Crippen molar-refractivity contribution in [2.75, 3.05) is 26.7 Å². The fourth-order valence-electron chi connectivity index (χ4n) is 5.34. The molecular weight excluding hydrogens is 490 g/mol. The van der Waals surface area contributed by atoms with Crippen molar-refractivity contribution in [1.82, 2.24) is 15.3 Å². The zero-order chi connectivity index (χ0) is 27.7. The molecule has 10 nitrogen and oxygen atoms in total. The number of carbonyl (C=O) groups excluding carboxylic acids is 4. The summed E-state index contributed by atoms with van der Waals surface area (Å²) in [7, 11) is 1.34. The van der Waals surface area contributed by atoms with Crippen LogP contribution in [0.4, 0.5) is 0 Å². The second-order valence-electron chi connectivity index (χ2n) is 10.7. The largest absolute Gasteiger partial charge is 0.490 e. The number of likely N-dealkylation sites (tertiary alicyclic amines) is 1. The molecule has 2 fully saturated rings. The number of nitrogens with zero attached hydrogens (tertiary/aromatic N) is 2. The maximum Gasteiger partial charge on any atom is 0.337 e. The Hall–Kier alpha value is -3.14. The summed E-state index contributed by atoms with van der Waals surface area (Å²) in [6.45, 7) is 4.71. The van der Waals surface area contributed by atoms with Gasteiger partial charge in [-0.05, 0) is 42.5 Å². The minimum atomic E-state index is -0.694. The van der Waals surface area contributed by atoms with E-state index in [1.807, 2.05) is 13.8 Å². The summed E-state index contributed by atoms with van der Waals surface area (Å²) in [5, 5.41) is 13.2. The molecule has 0 bridgehead atoms. The zero-order valence-electron chi connectivity index (χ0n) is 22.6. The summed E-state index contributed by atoms with van der Waals surface area (Å²) in [5.41, 5.74) is 0.449. The van der Waals surface area contributed by atoms with Crippen LogP contribution in [-0.4, -0.2) is 78.3 Å². The molecule has 210 valence electrons. The van der Waals surface area contributed by atoms with Gasteiger partial charge in [0.2, 0.25) is 18.2 Å². The van der Waals surface area contributed by atoms with Crippen LogP contribution in [0.2, 0.25) is 0 Å². The van der Waals surface area contributed by atoms with Crippen LogP contribution in [0.3, 0.4) is 0 Å². The predicted octanol–water partition coefficient (Wildman–Crippen LogP) is 3.03. The van der Waals surface area contributed by atoms with Crippen molar-refractivity contribution in [1.29, 1.82) is 0 Å². The van der Waals surface area contributed by atoms with E-state index in [-0.39, 0.29) is 30.4 Å². The molecule has 1 aliphatic heterocycles. The number of hydrogen-bond donors (Lipinski definition) is 2. The Bertz CT molecular complexity index is 938. The van der Waals surface area contributed by atoms with Crippen molar-refractivity contribution >= 4 is 24.2 Å². The second-order valence-corrected chi connectivity index (χ2v) is 10.7. The molecule has 1 saturated heterocycles. The van der Waals surface area contributed by atoms with Crippen LogP contribution in [0.25, 0.3) is 0 Å². The predicted molar refractivity (Wildman–Crippen MR) is 139 cm³/mol. The molecule has 1 aromatic carbocycles. The summed E-state index contributed by atoms with van der Waals surface area (Å²) in [5.74, 6) is -0.517. The third-order valence-corrected chi connectivity index (χ3v) is 7.55. The molecule has 2 aliphatic rings. The molecule has 1 aliphatic carbocycles. The second kappa shape index (κ2) is 14.1. The highest BCUT2D eigenvalue weighted by molar-refractivity contribution is 5.89. The van der Waals surface area contributed by atoms with Crippen LogP contribution in [0.5, 0.6) is 5.75 Å². The Balaban J connectivity index is 1.55. The maximum absolute atomic E-state index is 13.4. The molecule has 1 aromatic rings. The lowest BCUT2D eigenvalue weighted by molar-refractivity contribution is -0.155. The Kier molecular flexibility index (Phi) is 10.9. The van der Waals surface area contributed by atoms with E-state index in [0.29, 0.717) is 61.1 Å². The van der Waals surface area contributed by atoms with Gasteiger partial charge in [0.1, 0.15) is 17.9 Å². The zero-order valence-corrected chi connectivity index (χ0v) is 22.6. The minimum Gasteiger partial charge on any atom is -0.490 e. The molecule has 0 radical (unpaired) electrons. The van der Waals surface area contributed by atoms with Gasteiger partial charge in [-0.2, -0.15) is 0 Å². The van der Waals surface area contributed by atoms with Gasteiger partial charge < -0.3 is 19.7 Å². The van der Waals surface area contributed by atoms with Crippen molar-refractivity contribution < 1.29 is 33.9 Å². The topological polar surface area (TPSA) is 125 Å². The summed E-state index contributed by atoms with van der Waals surface area (Å²) in [6.07, 6.45) is 6.44. The highest BCUT2D eigenvalue weighted by atomic mass is 16.5. The molecule has 2 N–H and O–H groups in total. The van der Waals surface area contributed by atoms with Gasteiger partial charge in [0, 0.05) is 25.9 Å². The van der Waals surface area contributed by atoms with E-state index in [4.69, 9.17) is 9.47 Å². The lowest BCUT2D eigenvalue weighted by Crippen LogP contribution is -2.55. The lowest BCUT2D eigenvalue weighted by Gasteiger charge is -2.36. The first kappa shape index (κ1) is 29.4. The van der Waals surface area contributed by atoms with E-state index in [2.05, 4.69) is 5.32 Å². The smallest absolute Gasteiger partial charge is 0.337 e. The van der Waals surface area contributed by atoms with Gasteiger partial charge in [-0.1, -0.05) is 39.5 Å². The normalized spacial score (nSPS) is 18.1. The first-order valence-corrected chi connectivity index (χ1v) is 13.6. The average molecular weight is 532 g/mol. The monoisotopic (exact) mass is 531 g/mol. The van der Waals surface area contributed by atoms with Gasteiger partial charge in [-0.3, -0.25) is 19.6 Å². The number of hydroxylamine groups is 2. The van der Waals surface area contributed by atoms with E-state index >= 15 is 0 Å². The minimum absolute atomic E-state index is 0.0650. The summed E-state index contributed by atoms with van der Waals surface area (Å²) < 4.78 is 10.8. The number of ether oxygens (including phenoxy) is 2. The van der Waals surface area contributed by atoms with E-state index in [1.165, 1.54) is 7.11 Å². The van der Waals surface area contributed by atoms with Gasteiger partial charge in [-0.25, -0.2) is 9.86 Å². The number of hydrogen-bond acceptors (Lipinski definition) is 7. The molecular formula is C28H41N3O7. The summed E-state index contributed by atoms with van der Waals surface area (Å²) in [6, 6.07) is 6.07. The van der Waals surface area contributed by atoms with Gasteiger partial charge in [0.15, 0.2) is 0 Å². The van der Waals surface area contributed by atoms with Crippen LogP contribution in [-0.2, 0) is 19.1 Å². The van der Waals surface area contributed by atoms with E-state index < -0.39 is 17.9 Å². The fourth-order valence-corrected chi connectivity index (χ4v) is 5.34. The highest BCUT2D eigenvalue weighted by Crippen LogP contribution is 2.31. The van der Waals surface area contributed by atoms with Crippen LogP contribution in [0.15, 0.2) is 24.3 Å². The van der Waals surface area contributed by atoms with Crippen LogP contribution < -0.4 is 10.1 Å². The first-order valence-electron chi connectivity index (χ1n) is 13.6. The third kappa shape index (κ3) is 8.18. The maximum atomic E-state index is 13.4. The number of carbonyl (C=O) groups is 4. The number of esters is 1. The van der Waals surface area contributed by atoms with E-state index in [0.717, 1.165) is 25.7 Å². The van der Waals surface area contributed by atoms with Gasteiger partial charge in [0.25, 0.3) is 0 Å². The Morgan fingerprint density at radius 3 is 2.29 bits per heavy atom. The Morgan fingerprint density at radius 2 is 1.74 bits per heavy atom. The van der Waals surface area contributed by atoms with Crippen molar-refractivity contribution in [2.45, 2.75) is 70.9 Å². The molecule has 3 amide bonds. The van der Waals surface area contributed by atoms with Gasteiger partial charge in [-0.15, -0.1) is 0 Å². The average Bonchev–Trinajstić information content (AvgIpc) is 3.44. The third-order valence-electron chi connectivity index (χ3n) is 7.55. The molecule has 3 rings (SSSR count). The molecule has 0 spiro atoms. The molecule has 0 aromatic heterocycles. The molecule has 1 heterocycles. The molecule has 38 heavy (non-hydrogen) atoms. The lowest BCUT2D eigenvalue weighted by atomic mass is 9.91. The molecule has 10 heteroatoms. The Morgan fingerprint density at radius 1 is 1.11 bits per heavy atom. The van der Waals surface area contributed by atoms with Crippen LogP contribution in [0, 0.1) is 17.8 Å². The van der Waals surface area contributed by atoms with Gasteiger partial charge in [0.05, 0.1) is 25.1 Å². The van der Waals surface area contributed by atoms with E-state index in [9.17, 15) is 24.4 Å². The molecule has 1 saturated carbocycles. The first-order chi connectivity index (χ1) is 18.2. The number of piperidine rings is 1. The van der Waals surface area contributed by atoms with Crippen molar-refractivity contribution in [3.05, 3.63) is 29.8 Å². The van der Waals surface area contributed by atoms with Crippen molar-refractivity contribution in [3.63, 3.8) is 0 Å². The molecule has 1 unspecified atom stereocenters.